The Morgan fingerprint density at radius 3 is 2.15 bits per heavy atom. The molecule has 1 aliphatic rings. The molecule has 1 unspecified atom stereocenters. The summed E-state index contributed by atoms with van der Waals surface area (Å²) in [5.74, 6) is 2.13. The molecule has 0 saturated carbocycles. The predicted octanol–water partition coefficient (Wildman–Crippen LogP) is 2.15. The summed E-state index contributed by atoms with van der Waals surface area (Å²) in [6.45, 7) is 5.68. The summed E-state index contributed by atoms with van der Waals surface area (Å²) in [5, 5.41) is 3.39. The van der Waals surface area contributed by atoms with Crippen LogP contribution in [-0.4, -0.2) is 40.0 Å². The Hall–Kier alpha value is -1.46. The van der Waals surface area contributed by atoms with Crippen LogP contribution in [0.3, 0.4) is 0 Å². The molecule has 0 radical (unpaired) electrons. The second-order valence-corrected chi connectivity index (χ2v) is 5.44. The molecule has 0 aromatic heterocycles. The van der Waals surface area contributed by atoms with Gasteiger partial charge in [-0.3, -0.25) is 0 Å². The fourth-order valence-electron chi connectivity index (χ4n) is 2.48. The van der Waals surface area contributed by atoms with Gasteiger partial charge < -0.3 is 24.3 Å². The molecule has 5 heteroatoms. The van der Waals surface area contributed by atoms with Crippen LogP contribution in [0.5, 0.6) is 17.2 Å². The maximum atomic E-state index is 6.16. The first kappa shape index (κ1) is 14.9. The Morgan fingerprint density at radius 1 is 1.10 bits per heavy atom. The smallest absolute Gasteiger partial charge is 0.132 e. The highest BCUT2D eigenvalue weighted by atomic mass is 16.5. The van der Waals surface area contributed by atoms with Gasteiger partial charge in [0.15, 0.2) is 0 Å². The summed E-state index contributed by atoms with van der Waals surface area (Å²) < 4.78 is 22.4. The van der Waals surface area contributed by atoms with Gasteiger partial charge in [0.25, 0.3) is 0 Å². The quantitative estimate of drug-likeness (QED) is 0.916. The SMILES string of the molecule is COc1cc(OC)c(C2CNCC(C)(C)O2)c(OC)c1. The van der Waals surface area contributed by atoms with Gasteiger partial charge in [0.1, 0.15) is 23.4 Å². The minimum Gasteiger partial charge on any atom is -0.496 e. The number of ether oxygens (including phenoxy) is 4. The third kappa shape index (κ3) is 2.99. The van der Waals surface area contributed by atoms with Crippen molar-refractivity contribution in [2.75, 3.05) is 34.4 Å². The van der Waals surface area contributed by atoms with Gasteiger partial charge in [-0.2, -0.15) is 0 Å². The van der Waals surface area contributed by atoms with Crippen LogP contribution in [0.1, 0.15) is 25.5 Å². The predicted molar refractivity (Wildman–Crippen MR) is 76.9 cm³/mol. The van der Waals surface area contributed by atoms with E-state index in [2.05, 4.69) is 19.2 Å². The molecule has 1 atom stereocenters. The zero-order chi connectivity index (χ0) is 14.8. The molecule has 2 rings (SSSR count). The summed E-state index contributed by atoms with van der Waals surface area (Å²) in [4.78, 5) is 0. The maximum Gasteiger partial charge on any atom is 0.132 e. The lowest BCUT2D eigenvalue weighted by Crippen LogP contribution is -2.47. The summed E-state index contributed by atoms with van der Waals surface area (Å²) in [5.41, 5.74) is 0.690. The van der Waals surface area contributed by atoms with Crippen molar-refractivity contribution in [2.24, 2.45) is 0 Å². The molecule has 20 heavy (non-hydrogen) atoms. The lowest BCUT2D eigenvalue weighted by Gasteiger charge is -2.37. The van der Waals surface area contributed by atoms with Crippen LogP contribution in [0.15, 0.2) is 12.1 Å². The first-order valence-electron chi connectivity index (χ1n) is 6.69. The molecular formula is C15H23NO4. The molecule has 112 valence electrons. The van der Waals surface area contributed by atoms with E-state index >= 15 is 0 Å². The highest BCUT2D eigenvalue weighted by Crippen LogP contribution is 2.41. The summed E-state index contributed by atoms with van der Waals surface area (Å²) in [7, 11) is 4.90. The average molecular weight is 281 g/mol. The number of morpholine rings is 1. The van der Waals surface area contributed by atoms with Crippen molar-refractivity contribution >= 4 is 0 Å². The molecule has 1 aromatic rings. The molecule has 0 spiro atoms. The Kier molecular flexibility index (Phi) is 4.40. The molecule has 5 nitrogen and oxygen atoms in total. The summed E-state index contributed by atoms with van der Waals surface area (Å²) in [6.07, 6.45) is -0.116. The van der Waals surface area contributed by atoms with Gasteiger partial charge in [0.2, 0.25) is 0 Å². The van der Waals surface area contributed by atoms with Crippen LogP contribution in [0.2, 0.25) is 0 Å². The van der Waals surface area contributed by atoms with E-state index in [1.807, 2.05) is 12.1 Å². The van der Waals surface area contributed by atoms with E-state index in [1.165, 1.54) is 0 Å². The van der Waals surface area contributed by atoms with E-state index in [0.717, 1.165) is 18.7 Å². The van der Waals surface area contributed by atoms with Crippen LogP contribution in [0.4, 0.5) is 0 Å². The molecule has 0 bridgehead atoms. The van der Waals surface area contributed by atoms with E-state index in [1.54, 1.807) is 21.3 Å². The van der Waals surface area contributed by atoms with E-state index in [9.17, 15) is 0 Å². The molecule has 1 heterocycles. The lowest BCUT2D eigenvalue weighted by molar-refractivity contribution is -0.0970. The standard InChI is InChI=1S/C15H23NO4/c1-15(2)9-16-8-13(20-15)14-11(18-4)6-10(17-3)7-12(14)19-5/h6-7,13,16H,8-9H2,1-5H3. The molecule has 1 saturated heterocycles. The Morgan fingerprint density at radius 2 is 1.70 bits per heavy atom. The molecular weight excluding hydrogens is 258 g/mol. The van der Waals surface area contributed by atoms with Gasteiger partial charge >= 0.3 is 0 Å². The van der Waals surface area contributed by atoms with Gasteiger partial charge in [0, 0.05) is 25.2 Å². The summed E-state index contributed by atoms with van der Waals surface area (Å²) in [6, 6.07) is 3.70. The normalized spacial score (nSPS) is 21.4. The van der Waals surface area contributed by atoms with Crippen LogP contribution in [0, 0.1) is 0 Å². The zero-order valence-corrected chi connectivity index (χ0v) is 12.8. The number of benzene rings is 1. The van der Waals surface area contributed by atoms with E-state index in [-0.39, 0.29) is 11.7 Å². The minimum atomic E-state index is -0.223. The van der Waals surface area contributed by atoms with Crippen molar-refractivity contribution in [2.45, 2.75) is 25.6 Å². The Labute approximate surface area is 120 Å². The second kappa shape index (κ2) is 5.89. The number of nitrogens with one attached hydrogen (secondary N) is 1. The first-order valence-corrected chi connectivity index (χ1v) is 6.69. The number of methoxy groups -OCH3 is 3. The topological polar surface area (TPSA) is 49.0 Å². The van der Waals surface area contributed by atoms with E-state index < -0.39 is 0 Å². The van der Waals surface area contributed by atoms with Crippen molar-refractivity contribution in [3.8, 4) is 17.2 Å². The number of rotatable bonds is 4. The van der Waals surface area contributed by atoms with Gasteiger partial charge in [-0.05, 0) is 13.8 Å². The van der Waals surface area contributed by atoms with Gasteiger partial charge in [-0.25, -0.2) is 0 Å². The van der Waals surface area contributed by atoms with Crippen LogP contribution < -0.4 is 19.5 Å². The lowest BCUT2D eigenvalue weighted by atomic mass is 10.0. The van der Waals surface area contributed by atoms with Crippen LogP contribution in [-0.2, 0) is 4.74 Å². The van der Waals surface area contributed by atoms with Gasteiger partial charge in [-0.15, -0.1) is 0 Å². The molecule has 1 fully saturated rings. The highest BCUT2D eigenvalue weighted by Gasteiger charge is 2.33. The minimum absolute atomic E-state index is 0.116. The van der Waals surface area contributed by atoms with Gasteiger partial charge in [0.05, 0.1) is 32.5 Å². The number of hydrogen-bond acceptors (Lipinski definition) is 5. The maximum absolute atomic E-state index is 6.16. The fraction of sp³-hybridized carbons (Fsp3) is 0.600. The monoisotopic (exact) mass is 281 g/mol. The molecule has 1 aliphatic heterocycles. The molecule has 1 N–H and O–H groups in total. The van der Waals surface area contributed by atoms with Crippen molar-refractivity contribution < 1.29 is 18.9 Å². The van der Waals surface area contributed by atoms with Crippen LogP contribution in [0.25, 0.3) is 0 Å². The van der Waals surface area contributed by atoms with E-state index in [4.69, 9.17) is 18.9 Å². The van der Waals surface area contributed by atoms with E-state index in [0.29, 0.717) is 17.2 Å². The fourth-order valence-corrected chi connectivity index (χ4v) is 2.48. The second-order valence-electron chi connectivity index (χ2n) is 5.44. The third-order valence-corrected chi connectivity index (χ3v) is 3.42. The highest BCUT2D eigenvalue weighted by molar-refractivity contribution is 5.52. The first-order chi connectivity index (χ1) is 9.50. The Balaban J connectivity index is 2.43. The van der Waals surface area contributed by atoms with Crippen molar-refractivity contribution in [3.63, 3.8) is 0 Å². The largest absolute Gasteiger partial charge is 0.496 e. The summed E-state index contributed by atoms with van der Waals surface area (Å²) >= 11 is 0. The number of hydrogen-bond donors (Lipinski definition) is 1. The van der Waals surface area contributed by atoms with Crippen molar-refractivity contribution in [3.05, 3.63) is 17.7 Å². The van der Waals surface area contributed by atoms with Gasteiger partial charge in [-0.1, -0.05) is 0 Å². The van der Waals surface area contributed by atoms with Crippen LogP contribution >= 0.6 is 0 Å². The Bertz CT molecular complexity index is 448. The molecule has 0 aliphatic carbocycles. The zero-order valence-electron chi connectivity index (χ0n) is 12.8. The molecule has 0 amide bonds. The molecule has 1 aromatic carbocycles. The third-order valence-electron chi connectivity index (χ3n) is 3.42. The average Bonchev–Trinajstić information content (AvgIpc) is 2.44. The van der Waals surface area contributed by atoms with Crippen molar-refractivity contribution in [1.29, 1.82) is 0 Å². The van der Waals surface area contributed by atoms with Crippen molar-refractivity contribution in [1.82, 2.24) is 5.32 Å².